The number of halogens is 2. The van der Waals surface area contributed by atoms with Gasteiger partial charge in [0.05, 0.1) is 22.8 Å². The van der Waals surface area contributed by atoms with E-state index in [4.69, 9.17) is 38.1 Å². The predicted molar refractivity (Wildman–Crippen MR) is 114 cm³/mol. The number of benzene rings is 2. The number of aryl methyl sites for hydroxylation is 1. The fourth-order valence-corrected chi connectivity index (χ4v) is 3.25. The van der Waals surface area contributed by atoms with Crippen molar-refractivity contribution in [1.82, 2.24) is 0 Å². The summed E-state index contributed by atoms with van der Waals surface area (Å²) in [6.45, 7) is 1.82. The van der Waals surface area contributed by atoms with E-state index in [0.29, 0.717) is 38.7 Å². The Balaban J connectivity index is 1.72. The number of amides is 1. The van der Waals surface area contributed by atoms with Crippen LogP contribution in [0.5, 0.6) is 5.75 Å². The highest BCUT2D eigenvalue weighted by Crippen LogP contribution is 2.31. The van der Waals surface area contributed by atoms with Crippen LogP contribution in [0.1, 0.15) is 11.3 Å². The van der Waals surface area contributed by atoms with Crippen molar-refractivity contribution in [3.63, 3.8) is 0 Å². The van der Waals surface area contributed by atoms with E-state index in [1.807, 2.05) is 13.0 Å². The van der Waals surface area contributed by atoms with E-state index in [1.165, 1.54) is 6.08 Å². The average molecular weight is 417 g/mol. The second-order valence-electron chi connectivity index (χ2n) is 6.07. The number of nitrogens with two attached hydrogens (primary N) is 1. The van der Waals surface area contributed by atoms with E-state index >= 15 is 0 Å². The average Bonchev–Trinajstić information content (AvgIpc) is 3.12. The smallest absolute Gasteiger partial charge is 0.248 e. The van der Waals surface area contributed by atoms with E-state index in [0.717, 1.165) is 11.1 Å². The van der Waals surface area contributed by atoms with Gasteiger partial charge in [0.2, 0.25) is 5.91 Å². The van der Waals surface area contributed by atoms with E-state index in [9.17, 15) is 4.79 Å². The van der Waals surface area contributed by atoms with Crippen molar-refractivity contribution in [1.29, 1.82) is 0 Å². The maximum absolute atomic E-state index is 12.2. The van der Waals surface area contributed by atoms with Crippen LogP contribution >= 0.6 is 23.2 Å². The molecule has 0 aliphatic heterocycles. The van der Waals surface area contributed by atoms with Crippen molar-refractivity contribution < 1.29 is 13.9 Å². The minimum absolute atomic E-state index is 0.333. The lowest BCUT2D eigenvalue weighted by Crippen LogP contribution is -2.09. The molecule has 1 heterocycles. The largest absolute Gasteiger partial charge is 0.495 e. The Morgan fingerprint density at radius 3 is 2.61 bits per heavy atom. The Kier molecular flexibility index (Phi) is 5.97. The van der Waals surface area contributed by atoms with Crippen LogP contribution in [0.25, 0.3) is 17.4 Å². The number of nitrogens with one attached hydrogen (secondary N) is 1. The number of rotatable bonds is 5. The summed E-state index contributed by atoms with van der Waals surface area (Å²) in [6.07, 6.45) is 2.94. The summed E-state index contributed by atoms with van der Waals surface area (Å²) in [4.78, 5) is 12.2. The van der Waals surface area contributed by atoms with Gasteiger partial charge in [-0.05, 0) is 61.0 Å². The lowest BCUT2D eigenvalue weighted by atomic mass is 10.1. The first-order chi connectivity index (χ1) is 13.4. The first-order valence-electron chi connectivity index (χ1n) is 8.36. The molecule has 0 aliphatic carbocycles. The Morgan fingerprint density at radius 2 is 1.93 bits per heavy atom. The molecule has 3 rings (SSSR count). The van der Waals surface area contributed by atoms with Gasteiger partial charge in [-0.1, -0.05) is 23.2 Å². The van der Waals surface area contributed by atoms with Crippen LogP contribution in [-0.4, -0.2) is 13.0 Å². The molecule has 28 heavy (non-hydrogen) atoms. The molecule has 0 saturated heterocycles. The van der Waals surface area contributed by atoms with Gasteiger partial charge >= 0.3 is 0 Å². The highest BCUT2D eigenvalue weighted by molar-refractivity contribution is 6.34. The van der Waals surface area contributed by atoms with Crippen LogP contribution in [0.2, 0.25) is 10.0 Å². The maximum Gasteiger partial charge on any atom is 0.248 e. The molecule has 3 N–H and O–H groups in total. The highest BCUT2D eigenvalue weighted by atomic mass is 35.5. The zero-order valence-electron chi connectivity index (χ0n) is 15.3. The molecular weight excluding hydrogens is 399 g/mol. The van der Waals surface area contributed by atoms with Crippen molar-refractivity contribution >= 4 is 46.6 Å². The van der Waals surface area contributed by atoms with Gasteiger partial charge in [-0.25, -0.2) is 0 Å². The monoisotopic (exact) mass is 416 g/mol. The van der Waals surface area contributed by atoms with E-state index < -0.39 is 0 Å². The summed E-state index contributed by atoms with van der Waals surface area (Å²) in [5.41, 5.74) is 8.38. The zero-order chi connectivity index (χ0) is 20.3. The van der Waals surface area contributed by atoms with E-state index in [-0.39, 0.29) is 5.91 Å². The van der Waals surface area contributed by atoms with Gasteiger partial charge in [0.25, 0.3) is 0 Å². The number of carbonyl (C=O) groups excluding carboxylic acids is 1. The molecule has 0 radical (unpaired) electrons. The second kappa shape index (κ2) is 8.42. The van der Waals surface area contributed by atoms with Crippen LogP contribution in [0.3, 0.4) is 0 Å². The molecule has 0 saturated carbocycles. The van der Waals surface area contributed by atoms with Gasteiger partial charge in [0.15, 0.2) is 0 Å². The first-order valence-corrected chi connectivity index (χ1v) is 9.11. The summed E-state index contributed by atoms with van der Waals surface area (Å²) in [7, 11) is 1.56. The lowest BCUT2D eigenvalue weighted by Gasteiger charge is -2.09. The number of methoxy groups -OCH3 is 1. The normalized spacial score (nSPS) is 11.0. The molecule has 1 amide bonds. The van der Waals surface area contributed by atoms with Crippen LogP contribution in [-0.2, 0) is 4.79 Å². The predicted octanol–water partition coefficient (Wildman–Crippen LogP) is 5.80. The summed E-state index contributed by atoms with van der Waals surface area (Å²) >= 11 is 12.3. The molecule has 3 aromatic rings. The summed E-state index contributed by atoms with van der Waals surface area (Å²) in [5, 5.41) is 3.62. The van der Waals surface area contributed by atoms with Gasteiger partial charge in [-0.15, -0.1) is 0 Å². The van der Waals surface area contributed by atoms with Crippen molar-refractivity contribution in [3.8, 4) is 17.1 Å². The van der Waals surface area contributed by atoms with Crippen molar-refractivity contribution in [2.45, 2.75) is 6.92 Å². The summed E-state index contributed by atoms with van der Waals surface area (Å²) in [5.74, 6) is 1.41. The van der Waals surface area contributed by atoms with Crippen molar-refractivity contribution in [2.24, 2.45) is 0 Å². The first kappa shape index (κ1) is 19.9. The molecule has 0 atom stereocenters. The summed E-state index contributed by atoms with van der Waals surface area (Å²) in [6, 6.07) is 12.3. The van der Waals surface area contributed by atoms with E-state index in [1.54, 1.807) is 49.6 Å². The molecule has 0 bridgehead atoms. The molecule has 0 fully saturated rings. The molecule has 7 heteroatoms. The second-order valence-corrected chi connectivity index (χ2v) is 6.88. The molecule has 2 aromatic carbocycles. The summed E-state index contributed by atoms with van der Waals surface area (Å²) < 4.78 is 10.9. The van der Waals surface area contributed by atoms with Crippen LogP contribution in [0, 0.1) is 6.92 Å². The highest BCUT2D eigenvalue weighted by Gasteiger charge is 2.09. The molecule has 0 unspecified atom stereocenters. The van der Waals surface area contributed by atoms with Crippen LogP contribution in [0.15, 0.2) is 53.0 Å². The Bertz CT molecular complexity index is 1030. The number of hydrogen-bond acceptors (Lipinski definition) is 4. The van der Waals surface area contributed by atoms with Crippen LogP contribution in [0.4, 0.5) is 11.4 Å². The van der Waals surface area contributed by atoms with Crippen molar-refractivity contribution in [3.05, 3.63) is 69.9 Å². The third-order valence-corrected chi connectivity index (χ3v) is 4.61. The zero-order valence-corrected chi connectivity index (χ0v) is 16.8. The fraction of sp³-hybridized carbons (Fsp3) is 0.0952. The third-order valence-electron chi connectivity index (χ3n) is 4.02. The number of furan rings is 1. The molecule has 0 aliphatic rings. The number of nitrogen functional groups attached to an aromatic ring is 1. The lowest BCUT2D eigenvalue weighted by molar-refractivity contribution is -0.111. The Morgan fingerprint density at radius 1 is 1.14 bits per heavy atom. The molecule has 5 nitrogen and oxygen atoms in total. The Labute approximate surface area is 172 Å². The van der Waals surface area contributed by atoms with Gasteiger partial charge in [-0.2, -0.15) is 0 Å². The molecule has 0 spiro atoms. The topological polar surface area (TPSA) is 77.5 Å². The van der Waals surface area contributed by atoms with E-state index in [2.05, 4.69) is 5.32 Å². The minimum atomic E-state index is -0.333. The number of hydrogen-bond donors (Lipinski definition) is 2. The Hall–Kier alpha value is -2.89. The minimum Gasteiger partial charge on any atom is -0.495 e. The van der Waals surface area contributed by atoms with Gasteiger partial charge in [0.1, 0.15) is 17.3 Å². The fourth-order valence-electron chi connectivity index (χ4n) is 2.67. The standard InChI is InChI=1S/C21H18Cl2N2O3/c1-12-9-14(24)11-17(23)21(12)25-20(26)8-5-15-4-7-18(28-15)13-3-6-19(27-2)16(22)10-13/h3-11H,24H2,1-2H3,(H,25,26)/b8-5+. The quantitative estimate of drug-likeness (QED) is 0.406. The number of ether oxygens (including phenoxy) is 1. The van der Waals surface area contributed by atoms with Crippen molar-refractivity contribution in [2.75, 3.05) is 18.2 Å². The SMILES string of the molecule is COc1ccc(-c2ccc(/C=C/C(=O)Nc3c(C)cc(N)cc3Cl)o2)cc1Cl. The van der Waals surface area contributed by atoms with Crippen LogP contribution < -0.4 is 15.8 Å². The number of carbonyl (C=O) groups is 1. The maximum atomic E-state index is 12.2. The van der Waals surface area contributed by atoms with Gasteiger partial charge in [0, 0.05) is 17.3 Å². The molecule has 144 valence electrons. The molecule has 1 aromatic heterocycles. The third kappa shape index (κ3) is 4.50. The van der Waals surface area contributed by atoms with Gasteiger partial charge in [-0.3, -0.25) is 4.79 Å². The number of anilines is 2. The molecular formula is C21H18Cl2N2O3. The van der Waals surface area contributed by atoms with Gasteiger partial charge < -0.3 is 20.2 Å².